The minimum absolute atomic E-state index is 0. The van der Waals surface area contributed by atoms with Crippen molar-refractivity contribution >= 4 is 27.9 Å². The average molecular weight is 729 g/mol. The van der Waals surface area contributed by atoms with E-state index < -0.39 is 6.85 Å². The summed E-state index contributed by atoms with van der Waals surface area (Å²) in [6, 6.07) is 22.5. The molecule has 41 heavy (non-hydrogen) atoms. The van der Waals surface area contributed by atoms with Crippen molar-refractivity contribution in [3.63, 3.8) is 0 Å². The normalized spacial score (nSPS) is 14.2. The Hall–Kier alpha value is -3.60. The molecule has 3 heterocycles. The number of aryl methyl sites for hydroxylation is 2. The van der Waals surface area contributed by atoms with E-state index in [0.29, 0.717) is 11.3 Å². The largest absolute Gasteiger partial charge is 0.512 e. The van der Waals surface area contributed by atoms with Crippen molar-refractivity contribution in [1.82, 2.24) is 9.97 Å². The Morgan fingerprint density at radius 2 is 1.80 bits per heavy atom. The minimum Gasteiger partial charge on any atom is -0.512 e. The van der Waals surface area contributed by atoms with E-state index >= 15 is 0 Å². The molecule has 0 spiro atoms. The molecule has 0 bridgehead atoms. The van der Waals surface area contributed by atoms with Gasteiger partial charge in [0, 0.05) is 59.4 Å². The summed E-state index contributed by atoms with van der Waals surface area (Å²) in [5, 5.41) is 11.1. The number of hydrogen-bond acceptors (Lipinski definition) is 5. The number of nitrogens with zero attached hydrogens (tertiary/aromatic N) is 2. The fourth-order valence-corrected chi connectivity index (χ4v) is 4.22. The monoisotopic (exact) mass is 729 g/mol. The second kappa shape index (κ2) is 14.3. The van der Waals surface area contributed by atoms with Gasteiger partial charge in [0.05, 0.1) is 11.3 Å². The van der Waals surface area contributed by atoms with Crippen LogP contribution in [0.25, 0.3) is 44.5 Å². The zero-order valence-corrected chi connectivity index (χ0v) is 26.4. The molecular weight excluding hydrogens is 689 g/mol. The van der Waals surface area contributed by atoms with Crippen LogP contribution >= 0.6 is 0 Å². The third kappa shape index (κ3) is 7.58. The number of ketones is 1. The number of benzene rings is 2. The van der Waals surface area contributed by atoms with Crippen LogP contribution in [0.5, 0.6) is 0 Å². The van der Waals surface area contributed by atoms with Crippen LogP contribution in [0.15, 0.2) is 83.1 Å². The first kappa shape index (κ1) is 27.6. The molecule has 0 saturated carbocycles. The Kier molecular flexibility index (Phi) is 9.64. The van der Waals surface area contributed by atoms with E-state index in [9.17, 15) is 9.90 Å². The molecule has 215 valence electrons. The third-order valence-electron chi connectivity index (χ3n) is 7.17. The molecule has 2 unspecified atom stereocenters. The summed E-state index contributed by atoms with van der Waals surface area (Å²) in [7, 11) is 0. The van der Waals surface area contributed by atoms with E-state index in [1.54, 1.807) is 12.3 Å². The van der Waals surface area contributed by atoms with Crippen LogP contribution in [0.2, 0.25) is 0 Å². The number of allylic oxidation sites excluding steroid dienone is 2. The maximum Gasteiger partial charge on any atom is 0.216 e. The zero-order chi connectivity index (χ0) is 31.3. The molecule has 5 nitrogen and oxygen atoms in total. The number of aliphatic hydroxyl groups is 1. The number of pyridine rings is 2. The van der Waals surface area contributed by atoms with E-state index in [2.05, 4.69) is 41.2 Å². The minimum atomic E-state index is -2.29. The van der Waals surface area contributed by atoms with Gasteiger partial charge in [-0.2, -0.15) is 0 Å². The van der Waals surface area contributed by atoms with Crippen LogP contribution in [0.1, 0.15) is 55.9 Å². The molecule has 2 aromatic carbocycles. The smallest absolute Gasteiger partial charge is 0.216 e. The van der Waals surface area contributed by atoms with Gasteiger partial charge >= 0.3 is 0 Å². The van der Waals surface area contributed by atoms with Crippen LogP contribution in [0.3, 0.4) is 0 Å². The van der Waals surface area contributed by atoms with Crippen LogP contribution in [-0.2, 0) is 24.9 Å². The fraction of sp³-hybridized carbons (Fsp3) is 0.286. The summed E-state index contributed by atoms with van der Waals surface area (Å²) in [6.45, 7) is 7.53. The fourth-order valence-electron chi connectivity index (χ4n) is 4.22. The Labute approximate surface area is 260 Å². The van der Waals surface area contributed by atoms with E-state index in [0.717, 1.165) is 46.0 Å². The number of aromatic nitrogens is 2. The van der Waals surface area contributed by atoms with Crippen LogP contribution in [0, 0.1) is 31.7 Å². The SMILES string of the molecule is CCC(C)C(=O)/C=C(\O)C(C)CC.[2H]C([2H])([2H])c1ccc2c(n1)oc1c(-c3cc(-c4cccc(C)c4)ccn3)[c-]ccc12.[Ir]. The van der Waals surface area contributed by atoms with Gasteiger partial charge < -0.3 is 14.5 Å². The number of fused-ring (bicyclic) bond motifs is 3. The van der Waals surface area contributed by atoms with Gasteiger partial charge in [-0.25, -0.2) is 4.98 Å². The predicted octanol–water partition coefficient (Wildman–Crippen LogP) is 9.21. The van der Waals surface area contributed by atoms with Crippen molar-refractivity contribution in [3.05, 3.63) is 96.0 Å². The van der Waals surface area contributed by atoms with E-state index in [1.807, 2.05) is 58.0 Å². The Morgan fingerprint density at radius 3 is 2.51 bits per heavy atom. The summed E-state index contributed by atoms with van der Waals surface area (Å²) < 4.78 is 28.8. The average Bonchev–Trinajstić information content (AvgIpc) is 3.38. The van der Waals surface area contributed by atoms with Crippen molar-refractivity contribution in [2.45, 2.75) is 54.3 Å². The molecule has 0 aliphatic carbocycles. The maximum absolute atomic E-state index is 11.4. The maximum atomic E-state index is 11.4. The van der Waals surface area contributed by atoms with Gasteiger partial charge in [-0.15, -0.1) is 18.2 Å². The Balaban J connectivity index is 0.000000324. The van der Waals surface area contributed by atoms with Gasteiger partial charge in [-0.05, 0) is 61.6 Å². The number of furan rings is 1. The molecular formula is C35H37IrN2O3-. The summed E-state index contributed by atoms with van der Waals surface area (Å²) in [4.78, 5) is 20.1. The van der Waals surface area contributed by atoms with Crippen molar-refractivity contribution in [3.8, 4) is 22.4 Å². The summed E-state index contributed by atoms with van der Waals surface area (Å²) >= 11 is 0. The first-order valence-electron chi connectivity index (χ1n) is 15.1. The van der Waals surface area contributed by atoms with Crippen LogP contribution in [0.4, 0.5) is 0 Å². The molecule has 0 saturated heterocycles. The molecule has 5 rings (SSSR count). The zero-order valence-electron chi connectivity index (χ0n) is 27.0. The Morgan fingerprint density at radius 1 is 1.05 bits per heavy atom. The molecule has 5 aromatic rings. The molecule has 0 aliphatic rings. The van der Waals surface area contributed by atoms with Crippen molar-refractivity contribution in [2.24, 2.45) is 11.8 Å². The third-order valence-corrected chi connectivity index (χ3v) is 7.17. The number of rotatable bonds is 7. The van der Waals surface area contributed by atoms with Crippen molar-refractivity contribution in [1.29, 1.82) is 0 Å². The summed E-state index contributed by atoms with van der Waals surface area (Å²) in [5.41, 5.74) is 5.70. The predicted molar refractivity (Wildman–Crippen MR) is 163 cm³/mol. The number of carbonyl (C=O) groups is 1. The molecule has 0 fully saturated rings. The molecule has 0 amide bonds. The van der Waals surface area contributed by atoms with E-state index in [4.69, 9.17) is 8.53 Å². The summed E-state index contributed by atoms with van der Waals surface area (Å²) in [6.07, 6.45) is 4.83. The topological polar surface area (TPSA) is 76.2 Å². The van der Waals surface area contributed by atoms with Crippen molar-refractivity contribution < 1.29 is 38.5 Å². The second-order valence-electron chi connectivity index (χ2n) is 10.1. The van der Waals surface area contributed by atoms with Gasteiger partial charge in [-0.3, -0.25) is 4.79 Å². The number of hydrogen-bond donors (Lipinski definition) is 1. The number of aliphatic hydroxyl groups excluding tert-OH is 1. The molecule has 3 aromatic heterocycles. The molecule has 0 aliphatic heterocycles. The molecule has 2 atom stereocenters. The molecule has 6 heteroatoms. The van der Waals surface area contributed by atoms with Gasteiger partial charge in [-0.1, -0.05) is 74.5 Å². The molecule has 1 N–H and O–H groups in total. The van der Waals surface area contributed by atoms with Gasteiger partial charge in [0.1, 0.15) is 0 Å². The van der Waals surface area contributed by atoms with Crippen LogP contribution < -0.4 is 0 Å². The van der Waals surface area contributed by atoms with E-state index in [-0.39, 0.29) is 49.2 Å². The van der Waals surface area contributed by atoms with E-state index in [1.165, 1.54) is 17.7 Å². The summed E-state index contributed by atoms with van der Waals surface area (Å²) in [5.74, 6) is 0.354. The molecule has 1 radical (unpaired) electrons. The Bertz CT molecular complexity index is 1780. The van der Waals surface area contributed by atoms with Gasteiger partial charge in [0.25, 0.3) is 0 Å². The quantitative estimate of drug-likeness (QED) is 0.103. The first-order chi connectivity index (χ1) is 20.4. The van der Waals surface area contributed by atoms with Gasteiger partial charge in [0.15, 0.2) is 5.78 Å². The van der Waals surface area contributed by atoms with Crippen LogP contribution in [-0.4, -0.2) is 20.9 Å². The van der Waals surface area contributed by atoms with Crippen molar-refractivity contribution in [2.75, 3.05) is 0 Å². The first-order valence-corrected chi connectivity index (χ1v) is 13.6. The second-order valence-corrected chi connectivity index (χ2v) is 10.1. The number of carbonyl (C=O) groups excluding carboxylic acids is 1. The standard InChI is InChI=1S/C24H17N2O.C11H20O2.Ir/c1-15-5-3-6-17(13-15)18-11-12-25-22(14-18)21-8-4-7-19-20-10-9-16(2)26-24(20)27-23(19)21;1-5-8(3)10(12)7-11(13)9(4)6-2;/h3-7,9-14H,1-2H3;7-9,12H,5-6H2,1-4H3;/q-1;;/b;10-7-;/i2D3;;. The van der Waals surface area contributed by atoms with Gasteiger partial charge in [0.2, 0.25) is 5.71 Å².